The van der Waals surface area contributed by atoms with Crippen LogP contribution in [-0.4, -0.2) is 28.3 Å². The summed E-state index contributed by atoms with van der Waals surface area (Å²) >= 11 is 0. The highest BCUT2D eigenvalue weighted by atomic mass is 16.7. The predicted molar refractivity (Wildman–Crippen MR) is 81.4 cm³/mol. The zero-order valence-corrected chi connectivity index (χ0v) is 13.6. The van der Waals surface area contributed by atoms with Crippen LogP contribution in [-0.2, 0) is 14.7 Å². The minimum atomic E-state index is -0.366. The van der Waals surface area contributed by atoms with E-state index >= 15 is 0 Å². The van der Waals surface area contributed by atoms with Gasteiger partial charge in [-0.25, -0.2) is 9.97 Å². The highest BCUT2D eigenvalue weighted by molar-refractivity contribution is 6.61. The molecule has 5 rings (SSSR count). The van der Waals surface area contributed by atoms with Crippen molar-refractivity contribution in [3.05, 3.63) is 18.2 Å². The maximum absolute atomic E-state index is 6.04. The Labute approximate surface area is 126 Å². The topological polar surface area (TPSA) is 44.2 Å². The van der Waals surface area contributed by atoms with Crippen LogP contribution < -0.4 is 5.46 Å². The molecule has 3 aliphatic carbocycles. The summed E-state index contributed by atoms with van der Waals surface area (Å²) < 4.78 is 12.1. The first-order chi connectivity index (χ1) is 9.65. The Bertz CT molecular complexity index is 561. The SMILES string of the molecule is CC12CC(c3ncc(B4OC(C)(C)C(C)(C)O4)cn3)(C1)C2. The molecule has 4 nitrogen and oxygen atoms in total. The first kappa shape index (κ1) is 13.7. The number of rotatable bonds is 2. The molecule has 112 valence electrons. The summed E-state index contributed by atoms with van der Waals surface area (Å²) in [5, 5.41) is 0. The number of hydrogen-bond acceptors (Lipinski definition) is 4. The van der Waals surface area contributed by atoms with Crippen LogP contribution in [0.25, 0.3) is 0 Å². The molecule has 1 aliphatic heterocycles. The largest absolute Gasteiger partial charge is 0.498 e. The summed E-state index contributed by atoms with van der Waals surface area (Å²) in [6.45, 7) is 10.6. The van der Waals surface area contributed by atoms with E-state index in [9.17, 15) is 0 Å². The Hall–Kier alpha value is -0.935. The van der Waals surface area contributed by atoms with Crippen molar-refractivity contribution < 1.29 is 9.31 Å². The van der Waals surface area contributed by atoms with Crippen LogP contribution >= 0.6 is 0 Å². The van der Waals surface area contributed by atoms with Crippen LogP contribution in [0.3, 0.4) is 0 Å². The van der Waals surface area contributed by atoms with E-state index in [1.807, 2.05) is 12.4 Å². The van der Waals surface area contributed by atoms with E-state index in [0.29, 0.717) is 5.41 Å². The molecule has 0 radical (unpaired) electrons. The minimum Gasteiger partial charge on any atom is -0.399 e. The van der Waals surface area contributed by atoms with Crippen LogP contribution in [0, 0.1) is 5.41 Å². The molecular weight excluding hydrogens is 263 g/mol. The summed E-state index contributed by atoms with van der Waals surface area (Å²) in [6, 6.07) is 0. The van der Waals surface area contributed by atoms with Gasteiger partial charge < -0.3 is 9.31 Å². The highest BCUT2D eigenvalue weighted by Gasteiger charge is 2.67. The molecule has 1 saturated heterocycles. The van der Waals surface area contributed by atoms with Crippen molar-refractivity contribution in [1.82, 2.24) is 9.97 Å². The van der Waals surface area contributed by atoms with Crippen molar-refractivity contribution >= 4 is 12.6 Å². The summed E-state index contributed by atoms with van der Waals surface area (Å²) in [4.78, 5) is 9.22. The molecule has 2 heterocycles. The second-order valence-corrected chi connectivity index (χ2v) is 8.55. The summed E-state index contributed by atoms with van der Waals surface area (Å²) in [6.07, 6.45) is 7.50. The minimum absolute atomic E-state index is 0.281. The van der Waals surface area contributed by atoms with Crippen molar-refractivity contribution in [3.8, 4) is 0 Å². The van der Waals surface area contributed by atoms with E-state index in [1.54, 1.807) is 0 Å². The fraction of sp³-hybridized carbons (Fsp3) is 0.750. The fourth-order valence-corrected chi connectivity index (χ4v) is 4.25. The average molecular weight is 286 g/mol. The molecule has 21 heavy (non-hydrogen) atoms. The molecule has 0 spiro atoms. The van der Waals surface area contributed by atoms with Gasteiger partial charge in [0.1, 0.15) is 5.82 Å². The Kier molecular flexibility index (Phi) is 2.41. The zero-order chi connectivity index (χ0) is 15.1. The van der Waals surface area contributed by atoms with Gasteiger partial charge in [-0.1, -0.05) is 6.92 Å². The lowest BCUT2D eigenvalue weighted by Crippen LogP contribution is -2.63. The molecule has 4 aliphatic rings. The first-order valence-corrected chi connectivity index (χ1v) is 7.83. The van der Waals surface area contributed by atoms with Crippen molar-refractivity contribution in [2.24, 2.45) is 5.41 Å². The third-order valence-electron chi connectivity index (χ3n) is 5.97. The van der Waals surface area contributed by atoms with Gasteiger partial charge in [-0.2, -0.15) is 0 Å². The highest BCUT2D eigenvalue weighted by Crippen LogP contribution is 2.72. The van der Waals surface area contributed by atoms with Crippen LogP contribution in [0.4, 0.5) is 0 Å². The smallest absolute Gasteiger partial charge is 0.399 e. The van der Waals surface area contributed by atoms with Crippen molar-refractivity contribution in [1.29, 1.82) is 0 Å². The average Bonchev–Trinajstić information content (AvgIpc) is 2.54. The van der Waals surface area contributed by atoms with Crippen LogP contribution in [0.15, 0.2) is 12.4 Å². The van der Waals surface area contributed by atoms with Gasteiger partial charge in [0.25, 0.3) is 0 Å². The molecule has 0 N–H and O–H groups in total. The van der Waals surface area contributed by atoms with Crippen molar-refractivity contribution in [3.63, 3.8) is 0 Å². The number of nitrogens with zero attached hydrogens (tertiary/aromatic N) is 2. The standard InChI is InChI=1S/C16H23BN2O2/c1-13(2)14(3,4)21-17(20-13)11-6-18-12(19-7-11)16-8-15(5,9-16)10-16/h6-7H,8-10H2,1-5H3. The number of aromatic nitrogens is 2. The van der Waals surface area contributed by atoms with Gasteiger partial charge in [0.15, 0.2) is 0 Å². The molecule has 0 amide bonds. The van der Waals surface area contributed by atoms with Crippen molar-refractivity contribution in [2.45, 2.75) is 70.5 Å². The lowest BCUT2D eigenvalue weighted by Gasteiger charge is -2.68. The van der Waals surface area contributed by atoms with E-state index in [1.165, 1.54) is 19.3 Å². The lowest BCUT2D eigenvalue weighted by atomic mass is 9.35. The molecule has 1 aromatic heterocycles. The Balaban J connectivity index is 1.53. The Morgan fingerprint density at radius 1 is 0.905 bits per heavy atom. The Morgan fingerprint density at radius 2 is 1.38 bits per heavy atom. The van der Waals surface area contributed by atoms with Gasteiger partial charge in [0.2, 0.25) is 0 Å². The van der Waals surface area contributed by atoms with Crippen molar-refractivity contribution in [2.75, 3.05) is 0 Å². The second kappa shape index (κ2) is 3.69. The van der Waals surface area contributed by atoms with Gasteiger partial charge in [0, 0.05) is 23.3 Å². The molecule has 0 atom stereocenters. The first-order valence-electron chi connectivity index (χ1n) is 7.83. The zero-order valence-electron chi connectivity index (χ0n) is 13.6. The molecule has 1 aromatic rings. The third kappa shape index (κ3) is 1.77. The maximum Gasteiger partial charge on any atom is 0.498 e. The second-order valence-electron chi connectivity index (χ2n) is 8.55. The molecule has 4 fully saturated rings. The quantitative estimate of drug-likeness (QED) is 0.782. The molecule has 3 saturated carbocycles. The van der Waals surface area contributed by atoms with Gasteiger partial charge in [-0.15, -0.1) is 0 Å². The van der Waals surface area contributed by atoms with E-state index in [0.717, 1.165) is 11.3 Å². The maximum atomic E-state index is 6.04. The fourth-order valence-electron chi connectivity index (χ4n) is 4.25. The molecule has 0 unspecified atom stereocenters. The van der Waals surface area contributed by atoms with Gasteiger partial charge in [-0.3, -0.25) is 0 Å². The van der Waals surface area contributed by atoms with E-state index in [2.05, 4.69) is 44.6 Å². The lowest BCUT2D eigenvalue weighted by molar-refractivity contribution is -0.130. The van der Waals surface area contributed by atoms with Gasteiger partial charge in [0.05, 0.1) is 11.2 Å². The predicted octanol–water partition coefficient (Wildman–Crippen LogP) is 2.22. The van der Waals surface area contributed by atoms with Gasteiger partial charge in [-0.05, 0) is 52.4 Å². The molecular formula is C16H23BN2O2. The molecule has 2 bridgehead atoms. The Morgan fingerprint density at radius 3 is 1.81 bits per heavy atom. The molecule has 0 aromatic carbocycles. The number of hydrogen-bond donors (Lipinski definition) is 0. The molecule has 5 heteroatoms. The van der Waals surface area contributed by atoms with Gasteiger partial charge >= 0.3 is 7.12 Å². The normalized spacial score (nSPS) is 38.8. The van der Waals surface area contributed by atoms with Crippen LogP contribution in [0.5, 0.6) is 0 Å². The van der Waals surface area contributed by atoms with Crippen LogP contribution in [0.2, 0.25) is 0 Å². The monoisotopic (exact) mass is 286 g/mol. The summed E-state index contributed by atoms with van der Waals surface area (Å²) in [5.41, 5.74) is 1.13. The van der Waals surface area contributed by atoms with Crippen LogP contribution in [0.1, 0.15) is 59.7 Å². The van der Waals surface area contributed by atoms with E-state index in [-0.39, 0.29) is 23.7 Å². The van der Waals surface area contributed by atoms with E-state index in [4.69, 9.17) is 9.31 Å². The summed E-state index contributed by atoms with van der Waals surface area (Å²) in [5.74, 6) is 1.01. The van der Waals surface area contributed by atoms with E-state index < -0.39 is 0 Å². The summed E-state index contributed by atoms with van der Waals surface area (Å²) in [7, 11) is -0.366. The third-order valence-corrected chi connectivity index (χ3v) is 5.97.